The van der Waals surface area contributed by atoms with Crippen molar-refractivity contribution >= 4 is 39.2 Å². The lowest BCUT2D eigenvalue weighted by Gasteiger charge is -2.18. The van der Waals surface area contributed by atoms with Crippen LogP contribution in [0.2, 0.25) is 0 Å². The van der Waals surface area contributed by atoms with Gasteiger partial charge in [0, 0.05) is 18.0 Å². The molecule has 1 amide bonds. The smallest absolute Gasteiger partial charge is 0.263 e. The van der Waals surface area contributed by atoms with Crippen LogP contribution < -0.4 is 10.9 Å². The van der Waals surface area contributed by atoms with E-state index in [4.69, 9.17) is 4.98 Å². The fourth-order valence-electron chi connectivity index (χ4n) is 3.61. The molecule has 0 spiro atoms. The molecule has 2 atom stereocenters. The summed E-state index contributed by atoms with van der Waals surface area (Å²) in [6.07, 6.45) is 4.06. The number of rotatable bonds is 7. The van der Waals surface area contributed by atoms with Crippen molar-refractivity contribution in [3.63, 3.8) is 0 Å². The van der Waals surface area contributed by atoms with Crippen molar-refractivity contribution in [1.82, 2.24) is 14.9 Å². The average Bonchev–Trinajstić information content (AvgIpc) is 2.98. The molecule has 0 aliphatic heterocycles. The van der Waals surface area contributed by atoms with Gasteiger partial charge in [0.05, 0.1) is 10.6 Å². The minimum atomic E-state index is -0.288. The van der Waals surface area contributed by atoms with E-state index in [1.54, 1.807) is 11.3 Å². The van der Waals surface area contributed by atoms with E-state index < -0.39 is 0 Å². The van der Waals surface area contributed by atoms with Gasteiger partial charge in [-0.25, -0.2) is 4.98 Å². The molecule has 3 rings (SSSR count). The van der Waals surface area contributed by atoms with Crippen molar-refractivity contribution in [3.8, 4) is 0 Å². The number of aryl methyl sites for hydroxylation is 1. The van der Waals surface area contributed by atoms with Gasteiger partial charge in [-0.15, -0.1) is 11.3 Å². The van der Waals surface area contributed by atoms with E-state index in [0.717, 1.165) is 35.9 Å². The summed E-state index contributed by atoms with van der Waals surface area (Å²) < 4.78 is 1.81. The zero-order chi connectivity index (χ0) is 20.4. The quantitative estimate of drug-likeness (QED) is 0.536. The van der Waals surface area contributed by atoms with E-state index in [1.807, 2.05) is 18.4 Å². The molecule has 5 nitrogen and oxygen atoms in total. The van der Waals surface area contributed by atoms with E-state index in [-0.39, 0.29) is 16.7 Å². The van der Waals surface area contributed by atoms with Gasteiger partial charge < -0.3 is 5.32 Å². The SMILES string of the molecule is CCNC(=O)C(C)Sc1nc2sc3c(c2c(=O)n1CCC(C)C)CCC(C)C3. The second kappa shape index (κ2) is 8.99. The lowest BCUT2D eigenvalue weighted by molar-refractivity contribution is -0.120. The normalized spacial score (nSPS) is 17.7. The van der Waals surface area contributed by atoms with Crippen LogP contribution in [0.4, 0.5) is 0 Å². The molecule has 1 aliphatic carbocycles. The van der Waals surface area contributed by atoms with Crippen LogP contribution in [0.25, 0.3) is 10.2 Å². The minimum absolute atomic E-state index is 0.0171. The fraction of sp³-hybridized carbons (Fsp3) is 0.667. The Morgan fingerprint density at radius 1 is 1.39 bits per heavy atom. The Labute approximate surface area is 175 Å². The molecule has 154 valence electrons. The molecule has 0 saturated heterocycles. The molecule has 1 aliphatic rings. The van der Waals surface area contributed by atoms with Crippen LogP contribution >= 0.6 is 23.1 Å². The number of carbonyl (C=O) groups is 1. The van der Waals surface area contributed by atoms with Crippen LogP contribution in [0.5, 0.6) is 0 Å². The fourth-order valence-corrected chi connectivity index (χ4v) is 5.99. The third-order valence-corrected chi connectivity index (χ3v) is 7.55. The lowest BCUT2D eigenvalue weighted by Crippen LogP contribution is -2.32. The average molecular weight is 422 g/mol. The Hall–Kier alpha value is -1.34. The Balaban J connectivity index is 2.06. The first kappa shape index (κ1) is 21.4. The van der Waals surface area contributed by atoms with E-state index in [0.29, 0.717) is 30.1 Å². The molecule has 2 aromatic heterocycles. The van der Waals surface area contributed by atoms with Gasteiger partial charge >= 0.3 is 0 Å². The number of thioether (sulfide) groups is 1. The second-order valence-electron chi connectivity index (χ2n) is 8.22. The number of nitrogens with zero attached hydrogens (tertiary/aromatic N) is 2. The van der Waals surface area contributed by atoms with E-state index in [2.05, 4.69) is 26.1 Å². The molecular formula is C21H31N3O2S2. The number of fused-ring (bicyclic) bond motifs is 3. The first-order chi connectivity index (χ1) is 13.3. The highest BCUT2D eigenvalue weighted by Crippen LogP contribution is 2.37. The standard InChI is InChI=1S/C21H31N3O2S2/c1-6-22-18(25)14(5)27-21-23-19-17(20(26)24(21)10-9-12(2)3)15-8-7-13(4)11-16(15)28-19/h12-14H,6-11H2,1-5H3,(H,22,25). The Kier molecular flexibility index (Phi) is 6.86. The first-order valence-corrected chi connectivity index (χ1v) is 12.0. The highest BCUT2D eigenvalue weighted by Gasteiger charge is 2.26. The topological polar surface area (TPSA) is 64.0 Å². The van der Waals surface area contributed by atoms with Crippen molar-refractivity contribution in [3.05, 3.63) is 20.8 Å². The lowest BCUT2D eigenvalue weighted by atomic mass is 9.89. The number of aromatic nitrogens is 2. The van der Waals surface area contributed by atoms with Crippen LogP contribution in [-0.4, -0.2) is 27.3 Å². The second-order valence-corrected chi connectivity index (χ2v) is 10.6. The van der Waals surface area contributed by atoms with Crippen molar-refractivity contribution in [1.29, 1.82) is 0 Å². The molecule has 0 bridgehead atoms. The van der Waals surface area contributed by atoms with Gasteiger partial charge in [-0.1, -0.05) is 32.5 Å². The molecule has 0 radical (unpaired) electrons. The highest BCUT2D eigenvalue weighted by atomic mass is 32.2. The van der Waals surface area contributed by atoms with E-state index >= 15 is 0 Å². The zero-order valence-electron chi connectivity index (χ0n) is 17.5. The van der Waals surface area contributed by atoms with Crippen LogP contribution in [0.1, 0.15) is 57.9 Å². The largest absolute Gasteiger partial charge is 0.355 e. The molecule has 7 heteroatoms. The predicted molar refractivity (Wildman–Crippen MR) is 119 cm³/mol. The molecule has 0 fully saturated rings. The molecule has 28 heavy (non-hydrogen) atoms. The molecule has 0 saturated carbocycles. The molecule has 2 aromatic rings. The maximum absolute atomic E-state index is 13.5. The van der Waals surface area contributed by atoms with Crippen molar-refractivity contribution in [2.24, 2.45) is 11.8 Å². The third-order valence-electron chi connectivity index (χ3n) is 5.31. The van der Waals surface area contributed by atoms with Crippen molar-refractivity contribution in [2.75, 3.05) is 6.54 Å². The minimum Gasteiger partial charge on any atom is -0.355 e. The van der Waals surface area contributed by atoms with Gasteiger partial charge in [-0.2, -0.15) is 0 Å². The summed E-state index contributed by atoms with van der Waals surface area (Å²) >= 11 is 3.06. The van der Waals surface area contributed by atoms with E-state index in [1.165, 1.54) is 22.2 Å². The summed E-state index contributed by atoms with van der Waals surface area (Å²) in [5.41, 5.74) is 1.30. The third kappa shape index (κ3) is 4.46. The Morgan fingerprint density at radius 2 is 2.14 bits per heavy atom. The summed E-state index contributed by atoms with van der Waals surface area (Å²) in [7, 11) is 0. The summed E-state index contributed by atoms with van der Waals surface area (Å²) in [6.45, 7) is 11.6. The maximum atomic E-state index is 13.5. The van der Waals surface area contributed by atoms with Gasteiger partial charge in [0.2, 0.25) is 5.91 Å². The molecular weight excluding hydrogens is 390 g/mol. The summed E-state index contributed by atoms with van der Waals surface area (Å²) in [4.78, 5) is 32.8. The van der Waals surface area contributed by atoms with Gasteiger partial charge in [-0.3, -0.25) is 14.2 Å². The number of carbonyl (C=O) groups excluding carboxylic acids is 1. The van der Waals surface area contributed by atoms with Gasteiger partial charge in [0.15, 0.2) is 5.16 Å². The first-order valence-electron chi connectivity index (χ1n) is 10.3. The highest BCUT2D eigenvalue weighted by molar-refractivity contribution is 8.00. The zero-order valence-corrected chi connectivity index (χ0v) is 19.1. The molecule has 0 aromatic carbocycles. The van der Waals surface area contributed by atoms with Gasteiger partial charge in [0.1, 0.15) is 4.83 Å². The van der Waals surface area contributed by atoms with Crippen LogP contribution in [0, 0.1) is 11.8 Å². The van der Waals surface area contributed by atoms with Crippen LogP contribution in [0.3, 0.4) is 0 Å². The molecule has 2 unspecified atom stereocenters. The number of nitrogens with one attached hydrogen (secondary N) is 1. The molecule has 1 N–H and O–H groups in total. The van der Waals surface area contributed by atoms with Crippen LogP contribution in [-0.2, 0) is 24.2 Å². The predicted octanol–water partition coefficient (Wildman–Crippen LogP) is 4.25. The van der Waals surface area contributed by atoms with E-state index in [9.17, 15) is 9.59 Å². The maximum Gasteiger partial charge on any atom is 0.263 e. The molecule has 2 heterocycles. The van der Waals surface area contributed by atoms with Crippen molar-refractivity contribution in [2.45, 2.75) is 77.3 Å². The number of amides is 1. The Bertz CT molecular complexity index is 916. The monoisotopic (exact) mass is 421 g/mol. The number of hydrogen-bond acceptors (Lipinski definition) is 5. The number of thiophene rings is 1. The van der Waals surface area contributed by atoms with Gasteiger partial charge in [-0.05, 0) is 56.9 Å². The van der Waals surface area contributed by atoms with Crippen molar-refractivity contribution < 1.29 is 4.79 Å². The number of hydrogen-bond donors (Lipinski definition) is 1. The Morgan fingerprint density at radius 3 is 2.82 bits per heavy atom. The summed E-state index contributed by atoms with van der Waals surface area (Å²) in [5, 5.41) is 4.07. The van der Waals surface area contributed by atoms with Gasteiger partial charge in [0.25, 0.3) is 5.56 Å². The van der Waals surface area contributed by atoms with Crippen LogP contribution in [0.15, 0.2) is 9.95 Å². The summed E-state index contributed by atoms with van der Waals surface area (Å²) in [6, 6.07) is 0. The summed E-state index contributed by atoms with van der Waals surface area (Å²) in [5.74, 6) is 1.14.